The van der Waals surface area contributed by atoms with Gasteiger partial charge < -0.3 is 5.73 Å². The number of aromatic nitrogens is 2. The topological polar surface area (TPSA) is 54.7 Å². The van der Waals surface area contributed by atoms with Crippen LogP contribution < -0.4 is 5.73 Å². The third-order valence-corrected chi connectivity index (χ3v) is 3.31. The first kappa shape index (κ1) is 10.0. The lowest BCUT2D eigenvalue weighted by Crippen LogP contribution is -2.54. The van der Waals surface area contributed by atoms with Gasteiger partial charge in [0, 0.05) is 24.8 Å². The Bertz CT molecular complexity index is 342. The molecule has 1 aliphatic rings. The molecule has 6 heteroatoms. The van der Waals surface area contributed by atoms with E-state index >= 15 is 0 Å². The molecule has 2 rings (SSSR count). The summed E-state index contributed by atoms with van der Waals surface area (Å²) in [6, 6.07) is 0. The molecule has 0 bridgehead atoms. The Morgan fingerprint density at radius 2 is 2.21 bits per heavy atom. The van der Waals surface area contributed by atoms with Crippen LogP contribution in [0.4, 0.5) is 8.78 Å². The largest absolute Gasteiger partial charge is 0.330 e. The average Bonchev–Trinajstić information content (AvgIpc) is 2.46. The second-order valence-electron chi connectivity index (χ2n) is 3.79. The zero-order chi connectivity index (χ0) is 10.4. The third-order valence-electron chi connectivity index (χ3n) is 2.71. The van der Waals surface area contributed by atoms with Gasteiger partial charge in [-0.1, -0.05) is 0 Å². The summed E-state index contributed by atoms with van der Waals surface area (Å²) in [5, 5.41) is 6.52. The number of halogens is 3. The lowest BCUT2D eigenvalue weighted by molar-refractivity contribution is -0.125. The van der Waals surface area contributed by atoms with E-state index in [1.807, 2.05) is 0 Å². The summed E-state index contributed by atoms with van der Waals surface area (Å²) in [7, 11) is 0. The maximum Gasteiger partial charge on any atom is 0.250 e. The second-order valence-corrected chi connectivity index (χ2v) is 4.64. The summed E-state index contributed by atoms with van der Waals surface area (Å²) in [6.07, 6.45) is 1.16. The molecular weight excluding hydrogens is 256 g/mol. The van der Waals surface area contributed by atoms with Crippen LogP contribution in [0.2, 0.25) is 0 Å². The van der Waals surface area contributed by atoms with E-state index in [4.69, 9.17) is 5.73 Å². The van der Waals surface area contributed by atoms with Crippen molar-refractivity contribution in [2.24, 2.45) is 5.73 Å². The van der Waals surface area contributed by atoms with Gasteiger partial charge in [-0.15, -0.1) is 0 Å². The molecule has 0 amide bonds. The number of nitrogens with one attached hydrogen (secondary N) is 1. The fraction of sp³-hybridized carbons (Fsp3) is 0.625. The molecule has 0 radical (unpaired) electrons. The first-order valence-corrected chi connectivity index (χ1v) is 5.06. The van der Waals surface area contributed by atoms with Gasteiger partial charge >= 0.3 is 0 Å². The lowest BCUT2D eigenvalue weighted by Gasteiger charge is -2.46. The number of nitrogens with two attached hydrogens (primary N) is 1. The molecule has 0 saturated heterocycles. The second kappa shape index (κ2) is 3.00. The van der Waals surface area contributed by atoms with E-state index in [0.29, 0.717) is 5.69 Å². The molecule has 1 aromatic heterocycles. The molecule has 3 nitrogen and oxygen atoms in total. The molecule has 78 valence electrons. The Labute approximate surface area is 88.2 Å². The molecule has 0 atom stereocenters. The van der Waals surface area contributed by atoms with Crippen LogP contribution in [0.5, 0.6) is 0 Å². The van der Waals surface area contributed by atoms with Gasteiger partial charge in [0.25, 0.3) is 0 Å². The summed E-state index contributed by atoms with van der Waals surface area (Å²) in [5.41, 5.74) is 5.61. The molecule has 1 fully saturated rings. The maximum absolute atomic E-state index is 12.8. The van der Waals surface area contributed by atoms with Gasteiger partial charge in [0.15, 0.2) is 0 Å². The normalized spacial score (nSPS) is 23.1. The van der Waals surface area contributed by atoms with Crippen LogP contribution in [0, 0.1) is 0 Å². The number of hydrogen-bond acceptors (Lipinski definition) is 2. The number of hydrogen-bond donors (Lipinski definition) is 2. The van der Waals surface area contributed by atoms with Crippen molar-refractivity contribution in [2.45, 2.75) is 24.2 Å². The molecule has 0 aromatic carbocycles. The highest BCUT2D eigenvalue weighted by molar-refractivity contribution is 9.10. The van der Waals surface area contributed by atoms with E-state index in [1.54, 1.807) is 6.20 Å². The summed E-state index contributed by atoms with van der Waals surface area (Å²) in [6.45, 7) is 0.212. The van der Waals surface area contributed by atoms with Crippen molar-refractivity contribution in [1.29, 1.82) is 0 Å². The molecule has 1 saturated carbocycles. The van der Waals surface area contributed by atoms with E-state index in [9.17, 15) is 8.78 Å². The molecule has 1 aromatic rings. The van der Waals surface area contributed by atoms with Gasteiger partial charge in [0.2, 0.25) is 5.92 Å². The monoisotopic (exact) mass is 265 g/mol. The number of H-pyrrole nitrogens is 1. The van der Waals surface area contributed by atoms with Crippen molar-refractivity contribution >= 4 is 15.9 Å². The van der Waals surface area contributed by atoms with Crippen LogP contribution in [0.15, 0.2) is 10.7 Å². The molecule has 14 heavy (non-hydrogen) atoms. The highest BCUT2D eigenvalue weighted by Gasteiger charge is 2.57. The summed E-state index contributed by atoms with van der Waals surface area (Å²) in [4.78, 5) is 0. The molecule has 3 N–H and O–H groups in total. The first-order chi connectivity index (χ1) is 6.49. The van der Waals surface area contributed by atoms with Gasteiger partial charge in [-0.3, -0.25) is 5.10 Å². The van der Waals surface area contributed by atoms with Crippen LogP contribution in [0.3, 0.4) is 0 Å². The van der Waals surface area contributed by atoms with E-state index in [2.05, 4.69) is 26.1 Å². The Kier molecular flexibility index (Phi) is 2.15. The van der Waals surface area contributed by atoms with E-state index in [-0.39, 0.29) is 19.4 Å². The van der Waals surface area contributed by atoms with Gasteiger partial charge in [0.1, 0.15) is 0 Å². The van der Waals surface area contributed by atoms with Gasteiger partial charge in [-0.05, 0) is 15.9 Å². The van der Waals surface area contributed by atoms with Crippen LogP contribution in [0.25, 0.3) is 0 Å². The number of rotatable bonds is 2. The SMILES string of the molecule is NCC1(c2[nH]ncc2Br)CC(F)(F)C1. The minimum absolute atomic E-state index is 0.197. The Balaban J connectivity index is 2.29. The summed E-state index contributed by atoms with van der Waals surface area (Å²) >= 11 is 3.26. The van der Waals surface area contributed by atoms with Gasteiger partial charge in [0.05, 0.1) is 16.4 Å². The van der Waals surface area contributed by atoms with Gasteiger partial charge in [-0.2, -0.15) is 5.10 Å². The fourth-order valence-electron chi connectivity index (χ4n) is 2.00. The first-order valence-electron chi connectivity index (χ1n) is 4.26. The molecule has 1 aliphatic carbocycles. The highest BCUT2D eigenvalue weighted by Crippen LogP contribution is 2.53. The van der Waals surface area contributed by atoms with E-state index in [0.717, 1.165) is 4.47 Å². The van der Waals surface area contributed by atoms with Crippen molar-refractivity contribution in [1.82, 2.24) is 10.2 Å². The minimum Gasteiger partial charge on any atom is -0.330 e. The number of aromatic amines is 1. The van der Waals surface area contributed by atoms with Crippen molar-refractivity contribution in [3.05, 3.63) is 16.4 Å². The van der Waals surface area contributed by atoms with Crippen molar-refractivity contribution in [3.8, 4) is 0 Å². The maximum atomic E-state index is 12.8. The molecule has 1 heterocycles. The standard InChI is InChI=1S/C8H10BrF2N3/c9-5-1-13-14-6(5)7(4-12)2-8(10,11)3-7/h1H,2-4,12H2,(H,13,14). The zero-order valence-electron chi connectivity index (χ0n) is 7.36. The zero-order valence-corrected chi connectivity index (χ0v) is 8.94. The van der Waals surface area contributed by atoms with Crippen molar-refractivity contribution < 1.29 is 8.78 Å². The Morgan fingerprint density at radius 3 is 2.57 bits per heavy atom. The average molecular weight is 266 g/mol. The predicted molar refractivity (Wildman–Crippen MR) is 51.2 cm³/mol. The highest BCUT2D eigenvalue weighted by atomic mass is 79.9. The third kappa shape index (κ3) is 1.37. The lowest BCUT2D eigenvalue weighted by atomic mass is 9.64. The number of alkyl halides is 2. The van der Waals surface area contributed by atoms with Crippen LogP contribution >= 0.6 is 15.9 Å². The quantitative estimate of drug-likeness (QED) is 0.857. The smallest absolute Gasteiger partial charge is 0.250 e. The fourth-order valence-corrected chi connectivity index (χ4v) is 2.62. The van der Waals surface area contributed by atoms with Crippen molar-refractivity contribution in [2.75, 3.05) is 6.54 Å². The number of nitrogens with zero attached hydrogens (tertiary/aromatic N) is 1. The Morgan fingerprint density at radius 1 is 1.57 bits per heavy atom. The van der Waals surface area contributed by atoms with Gasteiger partial charge in [-0.25, -0.2) is 8.78 Å². The predicted octanol–water partition coefficient (Wildman–Crippen LogP) is 1.80. The van der Waals surface area contributed by atoms with Crippen molar-refractivity contribution in [3.63, 3.8) is 0 Å². The molecule has 0 unspecified atom stereocenters. The Hall–Kier alpha value is -0.490. The van der Waals surface area contributed by atoms with Crippen LogP contribution in [0.1, 0.15) is 18.5 Å². The molecule has 0 spiro atoms. The summed E-state index contributed by atoms with van der Waals surface area (Å²) < 4.78 is 26.4. The van der Waals surface area contributed by atoms with Crippen LogP contribution in [-0.2, 0) is 5.41 Å². The minimum atomic E-state index is -2.58. The van der Waals surface area contributed by atoms with Crippen LogP contribution in [-0.4, -0.2) is 22.7 Å². The molecular formula is C8H10BrF2N3. The molecule has 0 aliphatic heterocycles. The van der Waals surface area contributed by atoms with E-state index < -0.39 is 11.3 Å². The van der Waals surface area contributed by atoms with E-state index in [1.165, 1.54) is 0 Å². The summed E-state index contributed by atoms with van der Waals surface area (Å²) in [5.74, 6) is -2.58.